The van der Waals surface area contributed by atoms with E-state index in [0.29, 0.717) is 6.54 Å². The Morgan fingerprint density at radius 2 is 1.94 bits per heavy atom. The van der Waals surface area contributed by atoms with Crippen LogP contribution in [0.5, 0.6) is 0 Å². The molecule has 2 aliphatic carbocycles. The van der Waals surface area contributed by atoms with Gasteiger partial charge in [0.1, 0.15) is 0 Å². The summed E-state index contributed by atoms with van der Waals surface area (Å²) in [4.78, 5) is 12.1. The van der Waals surface area contributed by atoms with Gasteiger partial charge in [-0.15, -0.1) is 0 Å². The lowest BCUT2D eigenvalue weighted by Crippen LogP contribution is -2.43. The number of nitrogens with one attached hydrogen (secondary N) is 1. The van der Waals surface area contributed by atoms with Crippen molar-refractivity contribution in [3.8, 4) is 0 Å². The molecule has 2 aliphatic rings. The van der Waals surface area contributed by atoms with E-state index in [0.717, 1.165) is 24.7 Å². The maximum absolute atomic E-state index is 12.1. The van der Waals surface area contributed by atoms with E-state index in [1.807, 2.05) is 6.92 Å². The number of nitrogens with two attached hydrogens (primary N) is 1. The fourth-order valence-electron chi connectivity index (χ4n) is 3.53. The molecule has 3 nitrogen and oxygen atoms in total. The zero-order valence-electron chi connectivity index (χ0n) is 11.0. The monoisotopic (exact) mass is 238 g/mol. The first-order valence-electron chi connectivity index (χ1n) is 7.21. The molecule has 98 valence electrons. The van der Waals surface area contributed by atoms with E-state index in [2.05, 4.69) is 5.32 Å². The van der Waals surface area contributed by atoms with Crippen LogP contribution in [-0.2, 0) is 4.79 Å². The molecule has 17 heavy (non-hydrogen) atoms. The Morgan fingerprint density at radius 3 is 2.65 bits per heavy atom. The molecule has 0 aromatic rings. The van der Waals surface area contributed by atoms with Gasteiger partial charge in [0.05, 0.1) is 0 Å². The highest BCUT2D eigenvalue weighted by Gasteiger charge is 2.35. The van der Waals surface area contributed by atoms with Crippen molar-refractivity contribution in [2.75, 3.05) is 6.54 Å². The Balaban J connectivity index is 1.84. The predicted octanol–water partition coefficient (Wildman–Crippen LogP) is 2.06. The van der Waals surface area contributed by atoms with Gasteiger partial charge in [0.2, 0.25) is 5.91 Å². The predicted molar refractivity (Wildman–Crippen MR) is 69.4 cm³/mol. The van der Waals surface area contributed by atoms with Crippen molar-refractivity contribution < 1.29 is 4.79 Å². The largest absolute Gasteiger partial charge is 0.352 e. The highest BCUT2D eigenvalue weighted by molar-refractivity contribution is 5.79. The van der Waals surface area contributed by atoms with Gasteiger partial charge in [0, 0.05) is 18.5 Å². The molecule has 0 saturated heterocycles. The van der Waals surface area contributed by atoms with Crippen LogP contribution in [0.2, 0.25) is 0 Å². The maximum atomic E-state index is 12.1. The molecule has 4 atom stereocenters. The van der Waals surface area contributed by atoms with Crippen LogP contribution in [0.1, 0.15) is 51.9 Å². The molecule has 2 saturated carbocycles. The van der Waals surface area contributed by atoms with Gasteiger partial charge in [-0.2, -0.15) is 0 Å². The van der Waals surface area contributed by atoms with Crippen molar-refractivity contribution in [2.24, 2.45) is 23.5 Å². The molecule has 3 heteroatoms. The second-order valence-electron chi connectivity index (χ2n) is 5.96. The minimum Gasteiger partial charge on any atom is -0.352 e. The third-order valence-corrected chi connectivity index (χ3v) is 4.65. The van der Waals surface area contributed by atoms with Crippen LogP contribution in [-0.4, -0.2) is 18.5 Å². The summed E-state index contributed by atoms with van der Waals surface area (Å²) in [5.74, 6) is 2.23. The molecule has 3 N–H and O–H groups in total. The molecule has 4 unspecified atom stereocenters. The van der Waals surface area contributed by atoms with Crippen LogP contribution in [0.15, 0.2) is 0 Å². The van der Waals surface area contributed by atoms with E-state index in [-0.39, 0.29) is 17.9 Å². The lowest BCUT2D eigenvalue weighted by Gasteiger charge is -2.39. The average Bonchev–Trinajstić information content (AvgIpc) is 2.38. The van der Waals surface area contributed by atoms with Crippen LogP contribution in [0.3, 0.4) is 0 Å². The summed E-state index contributed by atoms with van der Waals surface area (Å²) >= 11 is 0. The Hall–Kier alpha value is -0.570. The first-order chi connectivity index (χ1) is 8.20. The van der Waals surface area contributed by atoms with Crippen molar-refractivity contribution >= 4 is 5.91 Å². The molecular weight excluding hydrogens is 212 g/mol. The number of rotatable bonds is 3. The van der Waals surface area contributed by atoms with E-state index >= 15 is 0 Å². The molecule has 0 spiro atoms. The zero-order valence-corrected chi connectivity index (χ0v) is 11.0. The molecular formula is C14H26N2O. The topological polar surface area (TPSA) is 55.1 Å². The number of hydrogen-bond donors (Lipinski definition) is 2. The van der Waals surface area contributed by atoms with Gasteiger partial charge >= 0.3 is 0 Å². The van der Waals surface area contributed by atoms with Crippen LogP contribution in [0.4, 0.5) is 0 Å². The fourth-order valence-corrected chi connectivity index (χ4v) is 3.53. The maximum Gasteiger partial charge on any atom is 0.223 e. The van der Waals surface area contributed by atoms with Crippen LogP contribution < -0.4 is 11.1 Å². The molecule has 2 rings (SSSR count). The summed E-state index contributed by atoms with van der Waals surface area (Å²) in [6.45, 7) is 2.51. The summed E-state index contributed by atoms with van der Waals surface area (Å²) < 4.78 is 0. The van der Waals surface area contributed by atoms with Crippen molar-refractivity contribution in [3.05, 3.63) is 0 Å². The van der Waals surface area contributed by atoms with Gasteiger partial charge in [-0.05, 0) is 38.0 Å². The van der Waals surface area contributed by atoms with Crippen LogP contribution >= 0.6 is 0 Å². The SMILES string of the molecule is CC(CN)NC(=O)C1CCC2CCCCC2C1. The molecule has 1 amide bonds. The van der Waals surface area contributed by atoms with E-state index < -0.39 is 0 Å². The smallest absolute Gasteiger partial charge is 0.223 e. The minimum atomic E-state index is 0.117. The van der Waals surface area contributed by atoms with Crippen molar-refractivity contribution in [2.45, 2.75) is 57.9 Å². The van der Waals surface area contributed by atoms with Gasteiger partial charge in [-0.1, -0.05) is 25.7 Å². The fraction of sp³-hybridized carbons (Fsp3) is 0.929. The van der Waals surface area contributed by atoms with Gasteiger partial charge in [-0.3, -0.25) is 4.79 Å². The summed E-state index contributed by atoms with van der Waals surface area (Å²) in [5.41, 5.74) is 5.54. The van der Waals surface area contributed by atoms with Crippen molar-refractivity contribution in [1.82, 2.24) is 5.32 Å². The molecule has 0 heterocycles. The first-order valence-corrected chi connectivity index (χ1v) is 7.21. The third-order valence-electron chi connectivity index (χ3n) is 4.65. The third kappa shape index (κ3) is 3.21. The van der Waals surface area contributed by atoms with Gasteiger partial charge in [0.15, 0.2) is 0 Å². The number of carbonyl (C=O) groups is 1. The second kappa shape index (κ2) is 5.85. The molecule has 0 radical (unpaired) electrons. The first kappa shape index (κ1) is 12.9. The Labute approximate surface area is 105 Å². The molecule has 0 aliphatic heterocycles. The Kier molecular flexibility index (Phi) is 4.43. The van der Waals surface area contributed by atoms with E-state index in [1.54, 1.807) is 0 Å². The number of hydrogen-bond acceptors (Lipinski definition) is 2. The highest BCUT2D eigenvalue weighted by Crippen LogP contribution is 2.42. The normalized spacial score (nSPS) is 34.8. The van der Waals surface area contributed by atoms with E-state index in [4.69, 9.17) is 5.73 Å². The van der Waals surface area contributed by atoms with Crippen molar-refractivity contribution in [3.63, 3.8) is 0 Å². The van der Waals surface area contributed by atoms with Gasteiger partial charge in [0.25, 0.3) is 0 Å². The summed E-state index contributed by atoms with van der Waals surface area (Å²) in [6, 6.07) is 0.117. The molecule has 0 bridgehead atoms. The van der Waals surface area contributed by atoms with Crippen molar-refractivity contribution in [1.29, 1.82) is 0 Å². The van der Waals surface area contributed by atoms with E-state index in [1.165, 1.54) is 32.1 Å². The Bertz CT molecular complexity index is 267. The molecule has 2 fully saturated rings. The summed E-state index contributed by atoms with van der Waals surface area (Å²) in [5, 5.41) is 3.03. The second-order valence-corrected chi connectivity index (χ2v) is 5.96. The Morgan fingerprint density at radius 1 is 1.24 bits per heavy atom. The van der Waals surface area contributed by atoms with Crippen LogP contribution in [0, 0.1) is 17.8 Å². The molecule has 0 aromatic heterocycles. The number of fused-ring (bicyclic) bond motifs is 1. The summed E-state index contributed by atoms with van der Waals surface area (Å²) in [6.07, 6.45) is 8.99. The minimum absolute atomic E-state index is 0.117. The standard InChI is InChI=1S/C14H26N2O/c1-10(9-15)16-14(17)13-7-6-11-4-2-3-5-12(11)8-13/h10-13H,2-9,15H2,1H3,(H,16,17). The van der Waals surface area contributed by atoms with Gasteiger partial charge < -0.3 is 11.1 Å². The average molecular weight is 238 g/mol. The highest BCUT2D eigenvalue weighted by atomic mass is 16.1. The van der Waals surface area contributed by atoms with Crippen LogP contribution in [0.25, 0.3) is 0 Å². The quantitative estimate of drug-likeness (QED) is 0.790. The van der Waals surface area contributed by atoms with E-state index in [9.17, 15) is 4.79 Å². The lowest BCUT2D eigenvalue weighted by atomic mass is 9.67. The zero-order chi connectivity index (χ0) is 12.3. The number of amides is 1. The lowest BCUT2D eigenvalue weighted by molar-refractivity contribution is -0.127. The molecule has 0 aromatic carbocycles. The number of carbonyl (C=O) groups excluding carboxylic acids is 1. The van der Waals surface area contributed by atoms with Gasteiger partial charge in [-0.25, -0.2) is 0 Å². The summed E-state index contributed by atoms with van der Waals surface area (Å²) in [7, 11) is 0.